The van der Waals surface area contributed by atoms with E-state index in [1.165, 1.54) is 0 Å². The van der Waals surface area contributed by atoms with E-state index in [1.54, 1.807) is 18.3 Å². The molecule has 1 N–H and O–H groups in total. The maximum atomic E-state index is 5.70. The second-order valence-corrected chi connectivity index (χ2v) is 5.20. The summed E-state index contributed by atoms with van der Waals surface area (Å²) in [5, 5.41) is 3.63. The Morgan fingerprint density at radius 2 is 2.00 bits per heavy atom. The summed E-state index contributed by atoms with van der Waals surface area (Å²) in [7, 11) is 0. The summed E-state index contributed by atoms with van der Waals surface area (Å²) in [6, 6.07) is 3.43. The predicted octanol–water partition coefficient (Wildman–Crippen LogP) is 3.48. The highest BCUT2D eigenvalue weighted by atomic mass is 35.5. The average molecular weight is 255 g/mol. The molecule has 0 fully saturated rings. The molecule has 2 aromatic heterocycles. The van der Waals surface area contributed by atoms with Crippen LogP contribution in [0.15, 0.2) is 27.2 Å². The van der Waals surface area contributed by atoms with Crippen LogP contribution in [0.4, 0.5) is 0 Å². The van der Waals surface area contributed by atoms with Gasteiger partial charge >= 0.3 is 0 Å². The van der Waals surface area contributed by atoms with E-state index in [0.29, 0.717) is 29.2 Å². The Morgan fingerprint density at radius 1 is 1.24 bits per heavy atom. The molecule has 2 rings (SSSR count). The van der Waals surface area contributed by atoms with Gasteiger partial charge in [-0.2, -0.15) is 0 Å². The summed E-state index contributed by atoms with van der Waals surface area (Å²) in [5.74, 6) is 1.80. The van der Waals surface area contributed by atoms with Crippen molar-refractivity contribution in [1.82, 2.24) is 10.3 Å². The number of hydrogen-bond acceptors (Lipinski definition) is 4. The number of halogens is 1. The van der Waals surface area contributed by atoms with E-state index in [-0.39, 0.29) is 5.54 Å². The van der Waals surface area contributed by atoms with Gasteiger partial charge in [0, 0.05) is 5.54 Å². The molecule has 0 aliphatic carbocycles. The minimum Gasteiger partial charge on any atom is -0.441 e. The predicted molar refractivity (Wildman–Crippen MR) is 65.8 cm³/mol. The zero-order chi connectivity index (χ0) is 12.5. The molecule has 2 aromatic rings. The summed E-state index contributed by atoms with van der Waals surface area (Å²) in [4.78, 5) is 4.17. The fraction of sp³-hybridized carbons (Fsp3) is 0.417. The van der Waals surface area contributed by atoms with Crippen molar-refractivity contribution in [2.75, 3.05) is 0 Å². The SMILES string of the molecule is CC(C)(C)NCc1ncc(-c2ccc(Cl)o2)o1. The minimum atomic E-state index is 0.0304. The molecule has 0 unspecified atom stereocenters. The van der Waals surface area contributed by atoms with Gasteiger partial charge in [-0.1, -0.05) is 0 Å². The first-order chi connectivity index (χ1) is 7.94. The first kappa shape index (κ1) is 12.2. The van der Waals surface area contributed by atoms with Crippen LogP contribution in [-0.4, -0.2) is 10.5 Å². The third-order valence-corrected chi connectivity index (χ3v) is 2.34. The summed E-state index contributed by atoms with van der Waals surface area (Å²) in [6.07, 6.45) is 1.63. The molecule has 0 atom stereocenters. The Hall–Kier alpha value is -1.26. The minimum absolute atomic E-state index is 0.0304. The van der Waals surface area contributed by atoms with Gasteiger partial charge in [-0.3, -0.25) is 0 Å². The van der Waals surface area contributed by atoms with Crippen molar-refractivity contribution in [2.24, 2.45) is 0 Å². The van der Waals surface area contributed by atoms with E-state index < -0.39 is 0 Å². The topological polar surface area (TPSA) is 51.2 Å². The van der Waals surface area contributed by atoms with E-state index in [4.69, 9.17) is 20.4 Å². The van der Waals surface area contributed by atoms with E-state index in [1.807, 2.05) is 0 Å². The highest BCUT2D eigenvalue weighted by Crippen LogP contribution is 2.25. The van der Waals surface area contributed by atoms with Gasteiger partial charge < -0.3 is 14.2 Å². The van der Waals surface area contributed by atoms with Crippen molar-refractivity contribution >= 4 is 11.6 Å². The third kappa shape index (κ3) is 3.35. The molecule has 17 heavy (non-hydrogen) atoms. The van der Waals surface area contributed by atoms with Crippen LogP contribution in [0, 0.1) is 0 Å². The van der Waals surface area contributed by atoms with Gasteiger partial charge in [-0.15, -0.1) is 0 Å². The number of nitrogens with zero attached hydrogens (tertiary/aromatic N) is 1. The zero-order valence-corrected chi connectivity index (χ0v) is 10.8. The Morgan fingerprint density at radius 3 is 2.59 bits per heavy atom. The van der Waals surface area contributed by atoms with E-state index in [9.17, 15) is 0 Å². The maximum absolute atomic E-state index is 5.70. The second kappa shape index (κ2) is 4.55. The van der Waals surface area contributed by atoms with Crippen molar-refractivity contribution in [1.29, 1.82) is 0 Å². The third-order valence-electron chi connectivity index (χ3n) is 2.14. The monoisotopic (exact) mass is 254 g/mol. The largest absolute Gasteiger partial charge is 0.441 e. The Balaban J connectivity index is 2.06. The molecular weight excluding hydrogens is 240 g/mol. The molecule has 0 saturated heterocycles. The van der Waals surface area contributed by atoms with E-state index in [0.717, 1.165) is 0 Å². The molecule has 0 radical (unpaired) electrons. The molecule has 0 amide bonds. The molecule has 5 heteroatoms. The lowest BCUT2D eigenvalue weighted by Crippen LogP contribution is -2.35. The van der Waals surface area contributed by atoms with Crippen molar-refractivity contribution < 1.29 is 8.83 Å². The Kier molecular flexibility index (Phi) is 3.26. The summed E-state index contributed by atoms with van der Waals surface area (Å²) in [5.41, 5.74) is 0.0304. The lowest BCUT2D eigenvalue weighted by molar-refractivity contribution is 0.381. The number of nitrogens with one attached hydrogen (secondary N) is 1. The maximum Gasteiger partial charge on any atom is 0.209 e. The average Bonchev–Trinajstić information content (AvgIpc) is 2.81. The molecule has 0 spiro atoms. The van der Waals surface area contributed by atoms with E-state index >= 15 is 0 Å². The zero-order valence-electron chi connectivity index (χ0n) is 10.1. The van der Waals surface area contributed by atoms with Crippen molar-refractivity contribution in [3.8, 4) is 11.5 Å². The number of oxazole rings is 1. The van der Waals surface area contributed by atoms with Gasteiger partial charge in [-0.25, -0.2) is 4.98 Å². The molecule has 0 aromatic carbocycles. The molecule has 0 bridgehead atoms. The van der Waals surface area contributed by atoms with Crippen LogP contribution < -0.4 is 5.32 Å². The Bertz CT molecular complexity index is 497. The highest BCUT2D eigenvalue weighted by Gasteiger charge is 2.13. The summed E-state index contributed by atoms with van der Waals surface area (Å²) < 4.78 is 10.8. The summed E-state index contributed by atoms with van der Waals surface area (Å²) in [6.45, 7) is 6.84. The number of rotatable bonds is 3. The smallest absolute Gasteiger partial charge is 0.209 e. The standard InChI is InChI=1S/C12H15ClN2O2/c1-12(2,3)15-7-11-14-6-9(17-11)8-4-5-10(13)16-8/h4-6,15H,7H2,1-3H3. The van der Waals surface area contributed by atoms with Crippen LogP contribution in [0.5, 0.6) is 0 Å². The lowest BCUT2D eigenvalue weighted by Gasteiger charge is -2.18. The van der Waals surface area contributed by atoms with Gasteiger partial charge in [0.1, 0.15) is 0 Å². The molecule has 0 saturated carbocycles. The quantitative estimate of drug-likeness (QED) is 0.911. The highest BCUT2D eigenvalue weighted by molar-refractivity contribution is 6.28. The van der Waals surface area contributed by atoms with Crippen LogP contribution in [0.1, 0.15) is 26.7 Å². The van der Waals surface area contributed by atoms with Crippen LogP contribution in [0.3, 0.4) is 0 Å². The fourth-order valence-electron chi connectivity index (χ4n) is 1.29. The van der Waals surface area contributed by atoms with Crippen LogP contribution >= 0.6 is 11.6 Å². The number of furan rings is 1. The molecule has 4 nitrogen and oxygen atoms in total. The summed E-state index contributed by atoms with van der Waals surface area (Å²) >= 11 is 5.70. The van der Waals surface area contributed by atoms with Crippen molar-refractivity contribution in [3.63, 3.8) is 0 Å². The number of aromatic nitrogens is 1. The van der Waals surface area contributed by atoms with Gasteiger partial charge in [-0.05, 0) is 44.5 Å². The van der Waals surface area contributed by atoms with Crippen molar-refractivity contribution in [3.05, 3.63) is 29.4 Å². The van der Waals surface area contributed by atoms with Gasteiger partial charge in [0.2, 0.25) is 5.89 Å². The molecule has 2 heterocycles. The molecule has 92 valence electrons. The lowest BCUT2D eigenvalue weighted by atomic mass is 10.1. The van der Waals surface area contributed by atoms with Gasteiger partial charge in [0.25, 0.3) is 0 Å². The van der Waals surface area contributed by atoms with E-state index in [2.05, 4.69) is 31.1 Å². The molecular formula is C12H15ClN2O2. The van der Waals surface area contributed by atoms with Gasteiger partial charge in [0.15, 0.2) is 16.7 Å². The Labute approximate surface area is 105 Å². The molecule has 0 aliphatic rings. The normalized spacial score (nSPS) is 12.0. The second-order valence-electron chi connectivity index (χ2n) is 4.83. The number of hydrogen-bond donors (Lipinski definition) is 1. The fourth-order valence-corrected chi connectivity index (χ4v) is 1.44. The first-order valence-electron chi connectivity index (χ1n) is 5.39. The first-order valence-corrected chi connectivity index (χ1v) is 5.77. The van der Waals surface area contributed by atoms with Crippen molar-refractivity contribution in [2.45, 2.75) is 32.9 Å². The molecule has 0 aliphatic heterocycles. The van der Waals surface area contributed by atoms with Crippen LogP contribution in [0.25, 0.3) is 11.5 Å². The van der Waals surface area contributed by atoms with Crippen LogP contribution in [-0.2, 0) is 6.54 Å². The van der Waals surface area contributed by atoms with Gasteiger partial charge in [0.05, 0.1) is 12.7 Å². The van der Waals surface area contributed by atoms with Crippen LogP contribution in [0.2, 0.25) is 5.22 Å².